The van der Waals surface area contributed by atoms with E-state index in [1.54, 1.807) is 18.7 Å². The van der Waals surface area contributed by atoms with Gasteiger partial charge in [-0.1, -0.05) is 0 Å². The van der Waals surface area contributed by atoms with E-state index in [0.29, 0.717) is 6.42 Å². The molecule has 0 aromatic heterocycles. The SMILES string of the molecule is CSc1cc(N)cc(CCCC(C)=O)c1. The number of ketones is 1. The lowest BCUT2D eigenvalue weighted by Gasteiger charge is -2.05. The zero-order valence-corrected chi connectivity index (χ0v) is 10.1. The zero-order valence-electron chi connectivity index (χ0n) is 9.25. The van der Waals surface area contributed by atoms with Gasteiger partial charge in [-0.2, -0.15) is 0 Å². The molecular weight excluding hydrogens is 206 g/mol. The van der Waals surface area contributed by atoms with Gasteiger partial charge in [0, 0.05) is 17.0 Å². The summed E-state index contributed by atoms with van der Waals surface area (Å²) in [5, 5.41) is 0. The minimum absolute atomic E-state index is 0.254. The molecule has 0 spiro atoms. The van der Waals surface area contributed by atoms with Crippen molar-refractivity contribution >= 4 is 23.2 Å². The number of carbonyl (C=O) groups is 1. The third-order valence-electron chi connectivity index (χ3n) is 2.22. The zero-order chi connectivity index (χ0) is 11.3. The summed E-state index contributed by atoms with van der Waals surface area (Å²) in [7, 11) is 0. The number of nitrogen functional groups attached to an aromatic ring is 1. The molecule has 2 nitrogen and oxygen atoms in total. The lowest BCUT2D eigenvalue weighted by atomic mass is 10.1. The fourth-order valence-corrected chi connectivity index (χ4v) is 2.01. The molecule has 82 valence electrons. The molecule has 15 heavy (non-hydrogen) atoms. The molecule has 1 aromatic carbocycles. The molecular formula is C12H17NOS. The van der Waals surface area contributed by atoms with Gasteiger partial charge in [-0.15, -0.1) is 11.8 Å². The Morgan fingerprint density at radius 1 is 1.40 bits per heavy atom. The number of Topliss-reactive ketones (excluding diaryl/α,β-unsaturated/α-hetero) is 1. The van der Waals surface area contributed by atoms with E-state index in [0.717, 1.165) is 18.5 Å². The fourth-order valence-electron chi connectivity index (χ4n) is 1.49. The van der Waals surface area contributed by atoms with Crippen LogP contribution < -0.4 is 5.73 Å². The molecule has 0 aliphatic heterocycles. The van der Waals surface area contributed by atoms with Gasteiger partial charge in [-0.3, -0.25) is 0 Å². The van der Waals surface area contributed by atoms with Crippen molar-refractivity contribution in [3.63, 3.8) is 0 Å². The second-order valence-corrected chi connectivity index (χ2v) is 4.55. The maximum atomic E-state index is 10.8. The maximum Gasteiger partial charge on any atom is 0.129 e. The Kier molecular flexibility index (Phi) is 4.69. The number of aryl methyl sites for hydroxylation is 1. The Labute approximate surface area is 95.2 Å². The summed E-state index contributed by atoms with van der Waals surface area (Å²) in [6.07, 6.45) is 4.53. The predicted octanol–water partition coefficient (Wildman–Crippen LogP) is 2.90. The number of hydrogen-bond acceptors (Lipinski definition) is 3. The molecule has 0 fully saturated rings. The van der Waals surface area contributed by atoms with Gasteiger partial charge in [0.05, 0.1) is 0 Å². The first kappa shape index (κ1) is 12.1. The molecule has 0 atom stereocenters. The number of benzene rings is 1. The van der Waals surface area contributed by atoms with Crippen molar-refractivity contribution in [3.8, 4) is 0 Å². The van der Waals surface area contributed by atoms with Crippen molar-refractivity contribution in [3.05, 3.63) is 23.8 Å². The van der Waals surface area contributed by atoms with Gasteiger partial charge >= 0.3 is 0 Å². The van der Waals surface area contributed by atoms with Crippen LogP contribution in [0, 0.1) is 0 Å². The molecule has 0 aliphatic rings. The molecule has 0 amide bonds. The third-order valence-corrected chi connectivity index (χ3v) is 2.93. The Morgan fingerprint density at radius 3 is 2.73 bits per heavy atom. The average molecular weight is 223 g/mol. The molecule has 0 bridgehead atoms. The first-order valence-corrected chi connectivity index (χ1v) is 6.27. The van der Waals surface area contributed by atoms with Crippen LogP contribution >= 0.6 is 11.8 Å². The normalized spacial score (nSPS) is 10.3. The summed E-state index contributed by atoms with van der Waals surface area (Å²) in [4.78, 5) is 12.0. The van der Waals surface area contributed by atoms with E-state index in [4.69, 9.17) is 5.73 Å². The van der Waals surface area contributed by atoms with E-state index in [1.165, 1.54) is 10.5 Å². The highest BCUT2D eigenvalue weighted by molar-refractivity contribution is 7.98. The molecule has 0 radical (unpaired) electrons. The molecule has 0 saturated heterocycles. The summed E-state index contributed by atoms with van der Waals surface area (Å²) < 4.78 is 0. The topological polar surface area (TPSA) is 43.1 Å². The fraction of sp³-hybridized carbons (Fsp3) is 0.417. The highest BCUT2D eigenvalue weighted by atomic mass is 32.2. The summed E-state index contributed by atoms with van der Waals surface area (Å²) in [5.41, 5.74) is 7.81. The summed E-state index contributed by atoms with van der Waals surface area (Å²) >= 11 is 1.69. The molecule has 0 heterocycles. The second kappa shape index (κ2) is 5.81. The van der Waals surface area contributed by atoms with Gasteiger partial charge in [0.15, 0.2) is 0 Å². The molecule has 0 unspecified atom stereocenters. The van der Waals surface area contributed by atoms with Crippen LogP contribution in [0.2, 0.25) is 0 Å². The maximum absolute atomic E-state index is 10.8. The first-order chi connectivity index (χ1) is 7.11. The van der Waals surface area contributed by atoms with Crippen LogP contribution in [0.1, 0.15) is 25.3 Å². The van der Waals surface area contributed by atoms with Crippen molar-refractivity contribution < 1.29 is 4.79 Å². The minimum atomic E-state index is 0.254. The summed E-state index contributed by atoms with van der Waals surface area (Å²) in [5.74, 6) is 0.254. The smallest absolute Gasteiger partial charge is 0.129 e. The van der Waals surface area contributed by atoms with Gasteiger partial charge in [-0.05, 0) is 49.8 Å². The average Bonchev–Trinajstić information content (AvgIpc) is 2.16. The van der Waals surface area contributed by atoms with Crippen LogP contribution in [-0.2, 0) is 11.2 Å². The van der Waals surface area contributed by atoms with E-state index in [2.05, 4.69) is 6.07 Å². The highest BCUT2D eigenvalue weighted by Crippen LogP contribution is 2.21. The van der Waals surface area contributed by atoms with Gasteiger partial charge in [0.25, 0.3) is 0 Å². The predicted molar refractivity (Wildman–Crippen MR) is 66.3 cm³/mol. The number of thioether (sulfide) groups is 1. The van der Waals surface area contributed by atoms with E-state index in [9.17, 15) is 4.79 Å². The number of anilines is 1. The van der Waals surface area contributed by atoms with Crippen LogP contribution in [0.5, 0.6) is 0 Å². The van der Waals surface area contributed by atoms with E-state index >= 15 is 0 Å². The lowest BCUT2D eigenvalue weighted by Crippen LogP contribution is -1.94. The molecule has 2 N–H and O–H groups in total. The lowest BCUT2D eigenvalue weighted by molar-refractivity contribution is -0.117. The van der Waals surface area contributed by atoms with Gasteiger partial charge in [0.1, 0.15) is 5.78 Å². The van der Waals surface area contributed by atoms with E-state index < -0.39 is 0 Å². The van der Waals surface area contributed by atoms with Gasteiger partial charge < -0.3 is 10.5 Å². The second-order valence-electron chi connectivity index (χ2n) is 3.67. The first-order valence-electron chi connectivity index (χ1n) is 5.04. The van der Waals surface area contributed by atoms with Crippen LogP contribution in [0.25, 0.3) is 0 Å². The van der Waals surface area contributed by atoms with Crippen LogP contribution in [-0.4, -0.2) is 12.0 Å². The van der Waals surface area contributed by atoms with E-state index in [-0.39, 0.29) is 5.78 Å². The number of nitrogens with two attached hydrogens (primary N) is 1. The van der Waals surface area contributed by atoms with Crippen molar-refractivity contribution in [1.82, 2.24) is 0 Å². The molecule has 0 aliphatic carbocycles. The molecule has 1 rings (SSSR count). The molecule has 0 saturated carbocycles. The van der Waals surface area contributed by atoms with Crippen LogP contribution in [0.15, 0.2) is 23.1 Å². The van der Waals surface area contributed by atoms with E-state index in [1.807, 2.05) is 18.4 Å². The monoisotopic (exact) mass is 223 g/mol. The van der Waals surface area contributed by atoms with Crippen LogP contribution in [0.4, 0.5) is 5.69 Å². The number of carbonyl (C=O) groups excluding carboxylic acids is 1. The standard InChI is InChI=1S/C12H17NOS/c1-9(14)4-3-5-10-6-11(13)8-12(7-10)15-2/h6-8H,3-5,13H2,1-2H3. The van der Waals surface area contributed by atoms with Crippen LogP contribution in [0.3, 0.4) is 0 Å². The Bertz CT molecular complexity index is 349. The van der Waals surface area contributed by atoms with Crippen molar-refractivity contribution in [2.24, 2.45) is 0 Å². The Balaban J connectivity index is 2.60. The third kappa shape index (κ3) is 4.38. The summed E-state index contributed by atoms with van der Waals surface area (Å²) in [6, 6.07) is 6.10. The van der Waals surface area contributed by atoms with Gasteiger partial charge in [0.2, 0.25) is 0 Å². The largest absolute Gasteiger partial charge is 0.399 e. The highest BCUT2D eigenvalue weighted by Gasteiger charge is 2.00. The molecule has 3 heteroatoms. The quantitative estimate of drug-likeness (QED) is 0.616. The van der Waals surface area contributed by atoms with Gasteiger partial charge in [-0.25, -0.2) is 0 Å². The van der Waals surface area contributed by atoms with Crippen molar-refractivity contribution in [2.45, 2.75) is 31.1 Å². The Hall–Kier alpha value is -0.960. The molecule has 1 aromatic rings. The van der Waals surface area contributed by atoms with Crippen molar-refractivity contribution in [2.75, 3.05) is 12.0 Å². The van der Waals surface area contributed by atoms with Crippen molar-refractivity contribution in [1.29, 1.82) is 0 Å². The summed E-state index contributed by atoms with van der Waals surface area (Å²) in [6.45, 7) is 1.63. The number of hydrogen-bond donors (Lipinski definition) is 1. The number of rotatable bonds is 5. The minimum Gasteiger partial charge on any atom is -0.399 e. The Morgan fingerprint density at radius 2 is 2.13 bits per heavy atom.